The number of furan rings is 1. The van der Waals surface area contributed by atoms with Gasteiger partial charge in [0.05, 0.1) is 19.8 Å². The lowest BCUT2D eigenvalue weighted by atomic mass is 10.2. The quantitative estimate of drug-likeness (QED) is 0.358. The molecule has 7 nitrogen and oxygen atoms in total. The second kappa shape index (κ2) is 13.0. The van der Waals surface area contributed by atoms with Crippen molar-refractivity contribution in [3.05, 3.63) is 93.6 Å². The molecule has 37 heavy (non-hydrogen) atoms. The number of benzene rings is 2. The maximum Gasteiger partial charge on any atom is 0.254 e. The first kappa shape index (κ1) is 27.0. The zero-order valence-electron chi connectivity index (χ0n) is 20.9. The van der Waals surface area contributed by atoms with Crippen LogP contribution in [0.2, 0.25) is 0 Å². The summed E-state index contributed by atoms with van der Waals surface area (Å²) in [5.74, 6) is 0.631. The number of halogens is 2. The first-order chi connectivity index (χ1) is 17.9. The van der Waals surface area contributed by atoms with Gasteiger partial charge in [-0.3, -0.25) is 14.5 Å². The zero-order valence-corrected chi connectivity index (χ0v) is 22.5. The number of hydrogen-bond donors (Lipinski definition) is 0. The third-order valence-corrected chi connectivity index (χ3v) is 6.75. The number of nitrogens with zero attached hydrogens (tertiary/aromatic N) is 3. The first-order valence-electron chi connectivity index (χ1n) is 12.3. The van der Waals surface area contributed by atoms with E-state index in [4.69, 9.17) is 9.15 Å². The van der Waals surface area contributed by atoms with Crippen LogP contribution in [0, 0.1) is 12.7 Å². The van der Waals surface area contributed by atoms with Gasteiger partial charge in [0.25, 0.3) is 5.91 Å². The molecule has 2 amide bonds. The van der Waals surface area contributed by atoms with E-state index in [1.807, 2.05) is 25.1 Å². The molecule has 0 atom stereocenters. The van der Waals surface area contributed by atoms with Crippen molar-refractivity contribution in [3.63, 3.8) is 0 Å². The van der Waals surface area contributed by atoms with Crippen molar-refractivity contribution in [3.8, 4) is 0 Å². The number of hydrogen-bond acceptors (Lipinski definition) is 5. The summed E-state index contributed by atoms with van der Waals surface area (Å²) in [6.07, 6.45) is 0. The topological polar surface area (TPSA) is 66.2 Å². The summed E-state index contributed by atoms with van der Waals surface area (Å²) in [6, 6.07) is 16.9. The van der Waals surface area contributed by atoms with Gasteiger partial charge < -0.3 is 19.0 Å². The molecule has 1 aliphatic rings. The highest BCUT2D eigenvalue weighted by Crippen LogP contribution is 2.17. The Morgan fingerprint density at radius 2 is 1.76 bits per heavy atom. The van der Waals surface area contributed by atoms with Crippen LogP contribution in [-0.4, -0.2) is 72.5 Å². The molecule has 2 heterocycles. The molecule has 0 N–H and O–H groups in total. The first-order valence-corrected chi connectivity index (χ1v) is 13.1. The largest absolute Gasteiger partial charge is 0.464 e. The maximum absolute atomic E-state index is 13.7. The van der Waals surface area contributed by atoms with Crippen molar-refractivity contribution >= 4 is 27.7 Å². The predicted molar refractivity (Wildman–Crippen MR) is 141 cm³/mol. The highest BCUT2D eigenvalue weighted by Gasteiger charge is 2.24. The Hall–Kier alpha value is -3.01. The van der Waals surface area contributed by atoms with Crippen LogP contribution < -0.4 is 0 Å². The van der Waals surface area contributed by atoms with Gasteiger partial charge in [0.1, 0.15) is 23.9 Å². The second-order valence-corrected chi connectivity index (χ2v) is 10.00. The molecular formula is C28H31BrFN3O4. The van der Waals surface area contributed by atoms with Crippen LogP contribution in [-0.2, 0) is 22.6 Å². The summed E-state index contributed by atoms with van der Waals surface area (Å²) in [5, 5.41) is 0. The van der Waals surface area contributed by atoms with Crippen LogP contribution in [0.4, 0.5) is 4.39 Å². The molecule has 0 spiro atoms. The van der Waals surface area contributed by atoms with Crippen LogP contribution in [0.25, 0.3) is 0 Å². The van der Waals surface area contributed by atoms with E-state index in [1.54, 1.807) is 40.1 Å². The monoisotopic (exact) mass is 571 g/mol. The molecule has 0 radical (unpaired) electrons. The third-order valence-electron chi connectivity index (χ3n) is 6.26. The molecule has 0 unspecified atom stereocenters. The van der Waals surface area contributed by atoms with E-state index in [2.05, 4.69) is 20.8 Å². The van der Waals surface area contributed by atoms with Crippen molar-refractivity contribution < 1.29 is 23.1 Å². The van der Waals surface area contributed by atoms with E-state index in [-0.39, 0.29) is 37.3 Å². The number of amides is 2. The fourth-order valence-corrected chi connectivity index (χ4v) is 4.61. The average molecular weight is 572 g/mol. The number of morpholine rings is 1. The minimum atomic E-state index is -0.336. The van der Waals surface area contributed by atoms with Crippen molar-refractivity contribution in [2.24, 2.45) is 0 Å². The molecule has 196 valence electrons. The Balaban J connectivity index is 1.53. The number of rotatable bonds is 10. The minimum absolute atomic E-state index is 0.0867. The molecule has 0 aliphatic carbocycles. The number of carbonyl (C=O) groups is 2. The summed E-state index contributed by atoms with van der Waals surface area (Å²) in [5.41, 5.74) is 1.30. The highest BCUT2D eigenvalue weighted by atomic mass is 79.9. The predicted octanol–water partition coefficient (Wildman–Crippen LogP) is 4.49. The third kappa shape index (κ3) is 7.99. The minimum Gasteiger partial charge on any atom is -0.464 e. The molecule has 0 saturated carbocycles. The summed E-state index contributed by atoms with van der Waals surface area (Å²) in [6.45, 7) is 6.22. The normalized spacial score (nSPS) is 13.9. The van der Waals surface area contributed by atoms with Gasteiger partial charge in [0.15, 0.2) is 0 Å². The summed E-state index contributed by atoms with van der Waals surface area (Å²) in [7, 11) is 0. The van der Waals surface area contributed by atoms with Crippen LogP contribution in [0.1, 0.15) is 27.4 Å². The van der Waals surface area contributed by atoms with Crippen molar-refractivity contribution in [2.75, 3.05) is 45.9 Å². The van der Waals surface area contributed by atoms with Crippen molar-refractivity contribution in [1.29, 1.82) is 0 Å². The number of ether oxygens (including phenoxy) is 1. The fourth-order valence-electron chi connectivity index (χ4n) is 4.21. The zero-order chi connectivity index (χ0) is 26.2. The fraction of sp³-hybridized carbons (Fsp3) is 0.357. The smallest absolute Gasteiger partial charge is 0.254 e. The van der Waals surface area contributed by atoms with Crippen molar-refractivity contribution in [1.82, 2.24) is 14.7 Å². The van der Waals surface area contributed by atoms with Gasteiger partial charge in [-0.05, 0) is 55.0 Å². The summed E-state index contributed by atoms with van der Waals surface area (Å²) in [4.78, 5) is 32.7. The highest BCUT2D eigenvalue weighted by molar-refractivity contribution is 9.10. The molecule has 1 fully saturated rings. The molecule has 1 aromatic heterocycles. The van der Waals surface area contributed by atoms with E-state index in [0.717, 1.165) is 28.9 Å². The second-order valence-electron chi connectivity index (χ2n) is 9.08. The van der Waals surface area contributed by atoms with E-state index in [0.29, 0.717) is 37.6 Å². The van der Waals surface area contributed by atoms with E-state index in [1.165, 1.54) is 12.1 Å². The number of carbonyl (C=O) groups excluding carboxylic acids is 2. The molecule has 4 rings (SSSR count). The lowest BCUT2D eigenvalue weighted by Gasteiger charge is -2.31. The van der Waals surface area contributed by atoms with Crippen LogP contribution in [0.15, 0.2) is 69.6 Å². The Morgan fingerprint density at radius 1 is 1.00 bits per heavy atom. The Labute approximate surface area is 224 Å². The summed E-state index contributed by atoms with van der Waals surface area (Å²) >= 11 is 3.43. The molecule has 3 aromatic rings. The molecule has 0 bridgehead atoms. The Bertz CT molecular complexity index is 1190. The van der Waals surface area contributed by atoms with Gasteiger partial charge in [0, 0.05) is 42.8 Å². The van der Waals surface area contributed by atoms with Crippen molar-refractivity contribution in [2.45, 2.75) is 20.0 Å². The molecule has 2 aromatic carbocycles. The van der Waals surface area contributed by atoms with Crippen LogP contribution in [0.5, 0.6) is 0 Å². The van der Waals surface area contributed by atoms with Crippen LogP contribution >= 0.6 is 15.9 Å². The summed E-state index contributed by atoms with van der Waals surface area (Å²) < 4.78 is 25.4. The SMILES string of the molecule is Cc1ccc(CN(Cc2ccc(F)cc2)C(=O)CN(CCN2CCOCC2)C(=O)c2cccc(Br)c2)o1. The maximum atomic E-state index is 13.7. The number of aryl methyl sites for hydroxylation is 1. The van der Waals surface area contributed by atoms with E-state index < -0.39 is 0 Å². The van der Waals surface area contributed by atoms with E-state index in [9.17, 15) is 14.0 Å². The van der Waals surface area contributed by atoms with Gasteiger partial charge in [-0.25, -0.2) is 4.39 Å². The Kier molecular flexibility index (Phi) is 9.49. The molecule has 9 heteroatoms. The average Bonchev–Trinajstić information content (AvgIpc) is 3.32. The Morgan fingerprint density at radius 3 is 2.43 bits per heavy atom. The van der Waals surface area contributed by atoms with Gasteiger partial charge in [-0.2, -0.15) is 0 Å². The van der Waals surface area contributed by atoms with Gasteiger partial charge in [-0.1, -0.05) is 34.1 Å². The molecular weight excluding hydrogens is 541 g/mol. The molecule has 1 aliphatic heterocycles. The van der Waals surface area contributed by atoms with Crippen LogP contribution in [0.3, 0.4) is 0 Å². The lowest BCUT2D eigenvalue weighted by molar-refractivity contribution is -0.133. The van der Waals surface area contributed by atoms with Gasteiger partial charge >= 0.3 is 0 Å². The van der Waals surface area contributed by atoms with Gasteiger partial charge in [0.2, 0.25) is 5.91 Å². The van der Waals surface area contributed by atoms with E-state index >= 15 is 0 Å². The lowest BCUT2D eigenvalue weighted by Crippen LogP contribution is -2.47. The molecule has 1 saturated heterocycles. The van der Waals surface area contributed by atoms with Gasteiger partial charge in [-0.15, -0.1) is 0 Å². The standard InChI is InChI=1S/C28H31BrFN3O4/c1-21-5-10-26(37-21)19-33(18-22-6-8-25(30)9-7-22)27(34)20-32(12-11-31-13-15-36-16-14-31)28(35)23-3-2-4-24(29)17-23/h2-10,17H,11-16,18-20H2,1H3.